The molecule has 5 rings (SSSR count). The normalized spacial score (nSPS) is 23.0. The molecule has 156 valence electrons. The number of hydrogen-bond donors (Lipinski definition) is 2. The van der Waals surface area contributed by atoms with Gasteiger partial charge in [0, 0.05) is 13.1 Å². The van der Waals surface area contributed by atoms with E-state index >= 15 is 0 Å². The monoisotopic (exact) mass is 419 g/mol. The molecule has 3 aliphatic rings. The first-order valence-electron chi connectivity index (χ1n) is 10.3. The van der Waals surface area contributed by atoms with Gasteiger partial charge in [0.05, 0.1) is 43.8 Å². The van der Waals surface area contributed by atoms with Gasteiger partial charge in [-0.25, -0.2) is 4.98 Å². The van der Waals surface area contributed by atoms with Crippen molar-refractivity contribution < 1.29 is 9.47 Å². The summed E-state index contributed by atoms with van der Waals surface area (Å²) in [4.78, 5) is 11.4. The number of fused-ring (bicyclic) bond motifs is 3. The second-order valence-electron chi connectivity index (χ2n) is 7.84. The van der Waals surface area contributed by atoms with Crippen molar-refractivity contribution in [1.29, 1.82) is 0 Å². The molecule has 0 spiro atoms. The van der Waals surface area contributed by atoms with Crippen molar-refractivity contribution >= 4 is 29.1 Å². The van der Waals surface area contributed by atoms with E-state index in [2.05, 4.69) is 37.1 Å². The van der Waals surface area contributed by atoms with Crippen molar-refractivity contribution in [1.82, 2.24) is 24.6 Å². The minimum absolute atomic E-state index is 0.318. The van der Waals surface area contributed by atoms with Gasteiger partial charge < -0.3 is 20.1 Å². The average Bonchev–Trinajstić information content (AvgIpc) is 2.97. The summed E-state index contributed by atoms with van der Waals surface area (Å²) in [5, 5.41) is 11.9. The van der Waals surface area contributed by atoms with E-state index in [-0.39, 0.29) is 0 Å². The van der Waals surface area contributed by atoms with Crippen LogP contribution in [0.25, 0.3) is 0 Å². The van der Waals surface area contributed by atoms with Crippen LogP contribution in [0.4, 0.5) is 17.5 Å². The van der Waals surface area contributed by atoms with E-state index in [0.29, 0.717) is 47.9 Å². The van der Waals surface area contributed by atoms with E-state index < -0.39 is 0 Å². The minimum Gasteiger partial charge on any atom is -0.475 e. The number of aromatic nitrogens is 4. The quantitative estimate of drug-likeness (QED) is 0.767. The predicted octanol–water partition coefficient (Wildman–Crippen LogP) is 2.61. The van der Waals surface area contributed by atoms with Crippen molar-refractivity contribution in [2.24, 2.45) is 0 Å². The maximum atomic E-state index is 6.21. The largest absolute Gasteiger partial charge is 0.475 e. The first-order valence-corrected chi connectivity index (χ1v) is 10.6. The fourth-order valence-corrected chi connectivity index (χ4v) is 4.31. The maximum absolute atomic E-state index is 6.21. The van der Waals surface area contributed by atoms with Crippen molar-refractivity contribution in [3.8, 4) is 5.88 Å². The van der Waals surface area contributed by atoms with Gasteiger partial charge in [-0.15, -0.1) is 5.10 Å². The Bertz CT molecular complexity index is 886. The van der Waals surface area contributed by atoms with Crippen LogP contribution >= 0.6 is 11.6 Å². The average molecular weight is 420 g/mol. The molecule has 0 aromatic carbocycles. The first kappa shape index (κ1) is 18.9. The van der Waals surface area contributed by atoms with Gasteiger partial charge in [0.25, 0.3) is 5.88 Å². The molecule has 0 radical (unpaired) electrons. The third-order valence-corrected chi connectivity index (χ3v) is 6.14. The summed E-state index contributed by atoms with van der Waals surface area (Å²) < 4.78 is 13.5. The Morgan fingerprint density at radius 3 is 2.97 bits per heavy atom. The molecule has 2 aromatic heterocycles. The second kappa shape index (κ2) is 7.97. The molecule has 0 aliphatic carbocycles. The van der Waals surface area contributed by atoms with E-state index in [1.165, 1.54) is 0 Å². The number of nitrogens with zero attached hydrogens (tertiary/aromatic N) is 5. The lowest BCUT2D eigenvalue weighted by molar-refractivity contribution is -0.0758. The molecule has 29 heavy (non-hydrogen) atoms. The molecule has 1 atom stereocenters. The number of anilines is 3. The van der Waals surface area contributed by atoms with Gasteiger partial charge in [-0.1, -0.05) is 11.6 Å². The lowest BCUT2D eigenvalue weighted by atomic mass is 10.0. The summed E-state index contributed by atoms with van der Waals surface area (Å²) in [6.07, 6.45) is 4.70. The van der Waals surface area contributed by atoms with Crippen molar-refractivity contribution in [3.05, 3.63) is 16.9 Å². The number of halogens is 1. The summed E-state index contributed by atoms with van der Waals surface area (Å²) in [6.45, 7) is 7.16. The number of piperidine rings is 1. The lowest BCUT2D eigenvalue weighted by Gasteiger charge is -2.42. The summed E-state index contributed by atoms with van der Waals surface area (Å²) in [7, 11) is 0. The standard InChI is InChI=1S/C19H26ClN7O2/c1-12-16-18(25-27(12)13-4-2-6-26(9-13)14-10-28-11-14)29-7-3-5-21-17-15(20)8-22-19(23-16)24-17/h8,13-14H,2-7,9-11H2,1H3,(H2,21,22,23,24). The van der Waals surface area contributed by atoms with Gasteiger partial charge in [-0.3, -0.25) is 9.58 Å². The zero-order valence-electron chi connectivity index (χ0n) is 16.5. The molecule has 2 saturated heterocycles. The summed E-state index contributed by atoms with van der Waals surface area (Å²) in [6, 6.07) is 0.867. The van der Waals surface area contributed by atoms with Crippen LogP contribution in [0.3, 0.4) is 0 Å². The number of nitrogens with one attached hydrogen (secondary N) is 2. The Kier molecular flexibility index (Phi) is 5.19. The summed E-state index contributed by atoms with van der Waals surface area (Å²) in [5.41, 5.74) is 1.85. The molecule has 1 unspecified atom stereocenters. The van der Waals surface area contributed by atoms with Crippen LogP contribution in [-0.2, 0) is 4.74 Å². The van der Waals surface area contributed by atoms with E-state index in [1.54, 1.807) is 6.20 Å². The molecule has 3 aliphatic heterocycles. The van der Waals surface area contributed by atoms with Crippen LogP contribution in [0.15, 0.2) is 6.20 Å². The van der Waals surface area contributed by atoms with Crippen molar-refractivity contribution in [3.63, 3.8) is 0 Å². The molecule has 2 fully saturated rings. The number of rotatable bonds is 2. The topological polar surface area (TPSA) is 89.4 Å². The van der Waals surface area contributed by atoms with E-state index in [9.17, 15) is 0 Å². The van der Waals surface area contributed by atoms with Gasteiger partial charge >= 0.3 is 0 Å². The highest BCUT2D eigenvalue weighted by molar-refractivity contribution is 6.32. The van der Waals surface area contributed by atoms with Crippen LogP contribution in [0, 0.1) is 6.92 Å². The Hall–Kier alpha value is -2.10. The van der Waals surface area contributed by atoms with Crippen LogP contribution in [0.5, 0.6) is 5.88 Å². The maximum Gasteiger partial charge on any atom is 0.257 e. The van der Waals surface area contributed by atoms with Crippen LogP contribution in [0.2, 0.25) is 5.02 Å². The molecular weight excluding hydrogens is 394 g/mol. The second-order valence-corrected chi connectivity index (χ2v) is 8.24. The van der Waals surface area contributed by atoms with Gasteiger partial charge in [-0.05, 0) is 32.7 Å². The lowest BCUT2D eigenvalue weighted by Crippen LogP contribution is -2.52. The molecular formula is C19H26ClN7O2. The summed E-state index contributed by atoms with van der Waals surface area (Å²) >= 11 is 6.21. The molecule has 9 nitrogen and oxygen atoms in total. The Morgan fingerprint density at radius 1 is 1.24 bits per heavy atom. The number of ether oxygens (including phenoxy) is 2. The summed E-state index contributed by atoms with van der Waals surface area (Å²) in [5.74, 6) is 1.71. The Labute approximate surface area is 174 Å². The smallest absolute Gasteiger partial charge is 0.257 e. The van der Waals surface area contributed by atoms with Gasteiger partial charge in [0.1, 0.15) is 10.7 Å². The van der Waals surface area contributed by atoms with E-state index in [1.807, 2.05) is 0 Å². The van der Waals surface area contributed by atoms with Crippen LogP contribution < -0.4 is 15.4 Å². The van der Waals surface area contributed by atoms with Crippen molar-refractivity contribution in [2.75, 3.05) is 50.1 Å². The Morgan fingerprint density at radius 2 is 2.14 bits per heavy atom. The van der Waals surface area contributed by atoms with Crippen LogP contribution in [-0.4, -0.2) is 70.1 Å². The third-order valence-electron chi connectivity index (χ3n) is 5.86. The highest BCUT2D eigenvalue weighted by Crippen LogP contribution is 2.35. The van der Waals surface area contributed by atoms with Crippen molar-refractivity contribution in [2.45, 2.75) is 38.3 Å². The number of likely N-dealkylation sites (tertiary alicyclic amines) is 1. The predicted molar refractivity (Wildman–Crippen MR) is 110 cm³/mol. The molecule has 2 N–H and O–H groups in total. The fraction of sp³-hybridized carbons (Fsp3) is 0.632. The SMILES string of the molecule is Cc1c2c(nn1C1CCCN(C3COC3)C1)OCCCNc1nc(ncc1Cl)N2. The minimum atomic E-state index is 0.318. The van der Waals surface area contributed by atoms with E-state index in [0.717, 1.165) is 56.9 Å². The van der Waals surface area contributed by atoms with Crippen LogP contribution in [0.1, 0.15) is 31.0 Å². The first-order chi connectivity index (χ1) is 14.2. The molecule has 5 heterocycles. The molecule has 10 heteroatoms. The Balaban J connectivity index is 1.44. The fourth-order valence-electron chi connectivity index (χ4n) is 4.15. The third kappa shape index (κ3) is 3.74. The molecule has 0 saturated carbocycles. The molecule has 2 bridgehead atoms. The zero-order valence-corrected chi connectivity index (χ0v) is 17.3. The van der Waals surface area contributed by atoms with Gasteiger partial charge in [-0.2, -0.15) is 4.98 Å². The molecule has 0 amide bonds. The highest BCUT2D eigenvalue weighted by Gasteiger charge is 2.33. The van der Waals surface area contributed by atoms with Gasteiger partial charge in [0.2, 0.25) is 5.95 Å². The zero-order chi connectivity index (χ0) is 19.8. The van der Waals surface area contributed by atoms with E-state index in [4.69, 9.17) is 26.2 Å². The van der Waals surface area contributed by atoms with Gasteiger partial charge in [0.15, 0.2) is 5.82 Å². The highest BCUT2D eigenvalue weighted by atomic mass is 35.5. The molecule has 2 aromatic rings. The number of hydrogen-bond acceptors (Lipinski definition) is 8.